The van der Waals surface area contributed by atoms with Gasteiger partial charge in [0.05, 0.1) is 0 Å². The van der Waals surface area contributed by atoms with E-state index < -0.39 is 0 Å². The van der Waals surface area contributed by atoms with Crippen molar-refractivity contribution >= 4 is 0 Å². The van der Waals surface area contributed by atoms with Gasteiger partial charge in [-0.3, -0.25) is 0 Å². The van der Waals surface area contributed by atoms with E-state index in [9.17, 15) is 9.50 Å². The molecule has 0 aliphatic rings. The number of hydrogen-bond donors (Lipinski definition) is 1. The molecular weight excluding hydrogens is 191 g/mol. The summed E-state index contributed by atoms with van der Waals surface area (Å²) in [5.41, 5.74) is 1.94. The second kappa shape index (κ2) is 4.75. The molecule has 0 bridgehead atoms. The zero-order valence-corrected chi connectivity index (χ0v) is 9.68. The van der Waals surface area contributed by atoms with Crippen molar-refractivity contribution in [2.24, 2.45) is 5.41 Å². The highest BCUT2D eigenvalue weighted by Crippen LogP contribution is 2.27. The fraction of sp³-hybridized carbons (Fsp3) is 0.538. The molecule has 0 heterocycles. The van der Waals surface area contributed by atoms with Crippen LogP contribution in [0.15, 0.2) is 18.2 Å². The van der Waals surface area contributed by atoms with Crippen molar-refractivity contribution < 1.29 is 9.50 Å². The largest absolute Gasteiger partial charge is 0.396 e. The van der Waals surface area contributed by atoms with Gasteiger partial charge in [-0.05, 0) is 48.4 Å². The molecule has 84 valence electrons. The van der Waals surface area contributed by atoms with Crippen LogP contribution >= 0.6 is 0 Å². The lowest BCUT2D eigenvalue weighted by atomic mass is 9.81. The zero-order valence-electron chi connectivity index (χ0n) is 9.68. The molecule has 1 rings (SSSR count). The summed E-state index contributed by atoms with van der Waals surface area (Å²) in [5.74, 6) is -0.202. The Balaban J connectivity index is 2.92. The van der Waals surface area contributed by atoms with E-state index in [0.29, 0.717) is 0 Å². The molecule has 0 amide bonds. The molecule has 0 aliphatic carbocycles. The molecule has 1 aromatic rings. The molecule has 1 atom stereocenters. The van der Waals surface area contributed by atoms with Gasteiger partial charge in [-0.25, -0.2) is 4.39 Å². The lowest BCUT2D eigenvalue weighted by Crippen LogP contribution is -2.23. The third kappa shape index (κ3) is 3.03. The van der Waals surface area contributed by atoms with Crippen LogP contribution < -0.4 is 0 Å². The van der Waals surface area contributed by atoms with Crippen molar-refractivity contribution in [1.82, 2.24) is 0 Å². The first-order valence-corrected chi connectivity index (χ1v) is 5.36. The average molecular weight is 210 g/mol. The molecule has 1 unspecified atom stereocenters. The molecular formula is C13H19FO. The van der Waals surface area contributed by atoms with Gasteiger partial charge >= 0.3 is 0 Å². The molecule has 0 aliphatic heterocycles. The highest BCUT2D eigenvalue weighted by atomic mass is 19.1. The van der Waals surface area contributed by atoms with Gasteiger partial charge in [0.25, 0.3) is 0 Å². The standard InChI is InChI=1S/C13H19FO/c1-4-13(3,9-15)8-11-7-12(14)6-5-10(11)2/h5-7,15H,4,8-9H2,1-3H3. The molecule has 0 spiro atoms. The zero-order chi connectivity index (χ0) is 11.5. The van der Waals surface area contributed by atoms with Crippen LogP contribution in [-0.2, 0) is 6.42 Å². The van der Waals surface area contributed by atoms with E-state index in [-0.39, 0.29) is 17.8 Å². The molecule has 0 saturated carbocycles. The van der Waals surface area contributed by atoms with E-state index in [2.05, 4.69) is 0 Å². The molecule has 1 nitrogen and oxygen atoms in total. The van der Waals surface area contributed by atoms with Gasteiger partial charge in [0.1, 0.15) is 5.82 Å². The van der Waals surface area contributed by atoms with Crippen LogP contribution in [-0.4, -0.2) is 11.7 Å². The number of aryl methyl sites for hydroxylation is 1. The summed E-state index contributed by atoms with van der Waals surface area (Å²) in [4.78, 5) is 0. The molecule has 2 heteroatoms. The van der Waals surface area contributed by atoms with Gasteiger partial charge in [-0.1, -0.05) is 19.9 Å². The van der Waals surface area contributed by atoms with Crippen LogP contribution in [0.1, 0.15) is 31.4 Å². The molecule has 1 aromatic carbocycles. The average Bonchev–Trinajstić information content (AvgIpc) is 2.23. The summed E-state index contributed by atoms with van der Waals surface area (Å²) in [6, 6.07) is 4.83. The topological polar surface area (TPSA) is 20.2 Å². The van der Waals surface area contributed by atoms with Crippen molar-refractivity contribution in [3.05, 3.63) is 35.1 Å². The number of aliphatic hydroxyl groups is 1. The van der Waals surface area contributed by atoms with E-state index in [0.717, 1.165) is 24.0 Å². The fourth-order valence-corrected chi connectivity index (χ4v) is 1.58. The summed E-state index contributed by atoms with van der Waals surface area (Å²) >= 11 is 0. The first-order valence-electron chi connectivity index (χ1n) is 5.36. The molecule has 1 N–H and O–H groups in total. The third-order valence-corrected chi connectivity index (χ3v) is 3.16. The first kappa shape index (κ1) is 12.2. The highest BCUT2D eigenvalue weighted by molar-refractivity contribution is 5.27. The predicted octanol–water partition coefficient (Wildman–Crippen LogP) is 3.09. The Bertz CT molecular complexity index is 329. The van der Waals surface area contributed by atoms with Gasteiger partial charge in [-0.2, -0.15) is 0 Å². The van der Waals surface area contributed by atoms with Crippen molar-refractivity contribution in [2.75, 3.05) is 6.61 Å². The Hall–Kier alpha value is -0.890. The monoisotopic (exact) mass is 210 g/mol. The molecule has 0 fully saturated rings. The van der Waals surface area contributed by atoms with Crippen molar-refractivity contribution in [2.45, 2.75) is 33.6 Å². The van der Waals surface area contributed by atoms with Crippen LogP contribution in [0.3, 0.4) is 0 Å². The summed E-state index contributed by atoms with van der Waals surface area (Å²) < 4.78 is 13.1. The van der Waals surface area contributed by atoms with E-state index in [1.54, 1.807) is 12.1 Å². The lowest BCUT2D eigenvalue weighted by Gasteiger charge is -2.26. The number of benzene rings is 1. The van der Waals surface area contributed by atoms with Crippen molar-refractivity contribution in [3.8, 4) is 0 Å². The van der Waals surface area contributed by atoms with Crippen LogP contribution in [0.4, 0.5) is 4.39 Å². The Morgan fingerprint density at radius 3 is 2.60 bits per heavy atom. The Morgan fingerprint density at radius 2 is 2.07 bits per heavy atom. The molecule has 0 aromatic heterocycles. The minimum atomic E-state index is -0.202. The van der Waals surface area contributed by atoms with Gasteiger partial charge < -0.3 is 5.11 Å². The second-order valence-electron chi connectivity index (χ2n) is 4.57. The van der Waals surface area contributed by atoms with Crippen LogP contribution in [0.5, 0.6) is 0 Å². The summed E-state index contributed by atoms with van der Waals surface area (Å²) in [5, 5.41) is 9.31. The minimum absolute atomic E-state index is 0.138. The SMILES string of the molecule is CCC(C)(CO)Cc1cc(F)ccc1C. The van der Waals surface area contributed by atoms with Gasteiger partial charge in [0.2, 0.25) is 0 Å². The first-order chi connectivity index (χ1) is 7.00. The van der Waals surface area contributed by atoms with E-state index >= 15 is 0 Å². The number of rotatable bonds is 4. The number of halogens is 1. The normalized spacial score (nSPS) is 15.0. The molecule has 15 heavy (non-hydrogen) atoms. The summed E-state index contributed by atoms with van der Waals surface area (Å²) in [7, 11) is 0. The smallest absolute Gasteiger partial charge is 0.123 e. The van der Waals surface area contributed by atoms with Crippen LogP contribution in [0, 0.1) is 18.2 Å². The number of hydrogen-bond acceptors (Lipinski definition) is 1. The maximum Gasteiger partial charge on any atom is 0.123 e. The van der Waals surface area contributed by atoms with Gasteiger partial charge in [-0.15, -0.1) is 0 Å². The van der Waals surface area contributed by atoms with Gasteiger partial charge in [0, 0.05) is 6.61 Å². The molecule has 0 saturated heterocycles. The predicted molar refractivity (Wildman–Crippen MR) is 60.3 cm³/mol. The fourth-order valence-electron chi connectivity index (χ4n) is 1.58. The molecule has 0 radical (unpaired) electrons. The van der Waals surface area contributed by atoms with Crippen LogP contribution in [0.25, 0.3) is 0 Å². The summed E-state index contributed by atoms with van der Waals surface area (Å²) in [6.07, 6.45) is 1.61. The maximum absolute atomic E-state index is 13.1. The van der Waals surface area contributed by atoms with Crippen LogP contribution in [0.2, 0.25) is 0 Å². The van der Waals surface area contributed by atoms with E-state index in [1.165, 1.54) is 6.07 Å². The van der Waals surface area contributed by atoms with E-state index in [1.807, 2.05) is 20.8 Å². The lowest BCUT2D eigenvalue weighted by molar-refractivity contribution is 0.137. The third-order valence-electron chi connectivity index (χ3n) is 3.16. The maximum atomic E-state index is 13.1. The Kier molecular flexibility index (Phi) is 3.86. The second-order valence-corrected chi connectivity index (χ2v) is 4.57. The number of aliphatic hydroxyl groups excluding tert-OH is 1. The van der Waals surface area contributed by atoms with Crippen molar-refractivity contribution in [3.63, 3.8) is 0 Å². The van der Waals surface area contributed by atoms with Gasteiger partial charge in [0.15, 0.2) is 0 Å². The van der Waals surface area contributed by atoms with E-state index in [4.69, 9.17) is 0 Å². The quantitative estimate of drug-likeness (QED) is 0.809. The Labute approximate surface area is 90.9 Å². The summed E-state index contributed by atoms with van der Waals surface area (Å²) in [6.45, 7) is 6.18. The minimum Gasteiger partial charge on any atom is -0.396 e. The highest BCUT2D eigenvalue weighted by Gasteiger charge is 2.22. The Morgan fingerprint density at radius 1 is 1.40 bits per heavy atom. The van der Waals surface area contributed by atoms with Crippen molar-refractivity contribution in [1.29, 1.82) is 0 Å².